The number of benzene rings is 3. The van der Waals surface area contributed by atoms with E-state index in [4.69, 9.17) is 0 Å². The quantitative estimate of drug-likeness (QED) is 0.526. The molecule has 0 fully saturated rings. The molecule has 1 unspecified atom stereocenters. The van der Waals surface area contributed by atoms with Crippen LogP contribution in [-0.4, -0.2) is 38.2 Å². The summed E-state index contributed by atoms with van der Waals surface area (Å²) in [6.45, 7) is 4.31. The normalized spacial score (nSPS) is 12.3. The van der Waals surface area contributed by atoms with Gasteiger partial charge in [0.2, 0.25) is 11.8 Å². The Morgan fingerprint density at radius 1 is 0.938 bits per heavy atom. The van der Waals surface area contributed by atoms with Crippen LogP contribution in [0.4, 0.5) is 4.39 Å². The first-order valence-corrected chi connectivity index (χ1v) is 11.8. The second kappa shape index (κ2) is 9.91. The van der Waals surface area contributed by atoms with Gasteiger partial charge in [0.15, 0.2) is 0 Å². The van der Waals surface area contributed by atoms with E-state index in [0.717, 1.165) is 5.39 Å². The van der Waals surface area contributed by atoms with Crippen LogP contribution < -0.4 is 4.72 Å². The van der Waals surface area contributed by atoms with Gasteiger partial charge in [0.05, 0.1) is 4.90 Å². The molecule has 2 amide bonds. The standard InChI is InChI=1S/C24H25FN2O4S/c1-3-27(4-2)24(29)22(15-17-9-12-20(25)13-10-17)23(28)26-32(30,31)21-14-11-18-7-5-6-8-19(18)16-21/h5-14,16,22H,3-4,15H2,1-2H3,(H,26,28). The van der Waals surface area contributed by atoms with Gasteiger partial charge in [0, 0.05) is 13.1 Å². The van der Waals surface area contributed by atoms with Gasteiger partial charge in [-0.05, 0) is 60.9 Å². The highest BCUT2D eigenvalue weighted by Crippen LogP contribution is 2.20. The van der Waals surface area contributed by atoms with Crippen molar-refractivity contribution < 1.29 is 22.4 Å². The van der Waals surface area contributed by atoms with E-state index in [-0.39, 0.29) is 11.3 Å². The highest BCUT2D eigenvalue weighted by molar-refractivity contribution is 7.90. The third-order valence-corrected chi connectivity index (χ3v) is 6.65. The van der Waals surface area contributed by atoms with Crippen LogP contribution in [0, 0.1) is 11.7 Å². The van der Waals surface area contributed by atoms with Gasteiger partial charge in [-0.15, -0.1) is 0 Å². The zero-order valence-corrected chi connectivity index (χ0v) is 18.7. The second-order valence-corrected chi connectivity index (χ2v) is 9.05. The van der Waals surface area contributed by atoms with Crippen LogP contribution in [0.1, 0.15) is 19.4 Å². The van der Waals surface area contributed by atoms with Crippen LogP contribution in [0.15, 0.2) is 71.6 Å². The summed E-state index contributed by atoms with van der Waals surface area (Å²) in [6, 6.07) is 17.2. The number of amides is 2. The van der Waals surface area contributed by atoms with Crippen molar-refractivity contribution in [1.82, 2.24) is 9.62 Å². The molecule has 0 saturated heterocycles. The van der Waals surface area contributed by atoms with E-state index in [1.807, 2.05) is 12.1 Å². The van der Waals surface area contributed by atoms with E-state index < -0.39 is 33.6 Å². The van der Waals surface area contributed by atoms with E-state index in [0.29, 0.717) is 24.0 Å². The molecule has 0 spiro atoms. The van der Waals surface area contributed by atoms with Gasteiger partial charge in [-0.2, -0.15) is 0 Å². The van der Waals surface area contributed by atoms with E-state index in [1.165, 1.54) is 41.3 Å². The summed E-state index contributed by atoms with van der Waals surface area (Å²) in [5.41, 5.74) is 0.551. The molecule has 32 heavy (non-hydrogen) atoms. The monoisotopic (exact) mass is 456 g/mol. The molecule has 6 nitrogen and oxygen atoms in total. The highest BCUT2D eigenvalue weighted by Gasteiger charge is 2.33. The zero-order valence-electron chi connectivity index (χ0n) is 17.9. The summed E-state index contributed by atoms with van der Waals surface area (Å²) >= 11 is 0. The lowest BCUT2D eigenvalue weighted by Crippen LogP contribution is -2.46. The van der Waals surface area contributed by atoms with Crippen LogP contribution in [0.5, 0.6) is 0 Å². The van der Waals surface area contributed by atoms with Gasteiger partial charge in [-0.25, -0.2) is 17.5 Å². The molecule has 1 N–H and O–H groups in total. The van der Waals surface area contributed by atoms with Crippen LogP contribution in [0.3, 0.4) is 0 Å². The van der Waals surface area contributed by atoms with Gasteiger partial charge in [-0.3, -0.25) is 9.59 Å². The Kier molecular flexibility index (Phi) is 7.25. The Bertz CT molecular complexity index is 1220. The lowest BCUT2D eigenvalue weighted by molar-refractivity contribution is -0.141. The topological polar surface area (TPSA) is 83.6 Å². The van der Waals surface area contributed by atoms with Crippen LogP contribution in [0.25, 0.3) is 10.8 Å². The molecule has 3 aromatic rings. The Hall–Kier alpha value is -3.26. The van der Waals surface area contributed by atoms with E-state index in [1.54, 1.807) is 32.0 Å². The smallest absolute Gasteiger partial charge is 0.264 e. The number of rotatable bonds is 8. The Morgan fingerprint density at radius 3 is 2.19 bits per heavy atom. The molecule has 0 bridgehead atoms. The minimum Gasteiger partial charge on any atom is -0.343 e. The molecule has 0 aliphatic carbocycles. The molecule has 0 aromatic heterocycles. The average molecular weight is 457 g/mol. The number of hydrogen-bond acceptors (Lipinski definition) is 4. The summed E-state index contributed by atoms with van der Waals surface area (Å²) in [6.07, 6.45) is -0.0469. The fourth-order valence-electron chi connectivity index (χ4n) is 3.50. The van der Waals surface area contributed by atoms with Crippen molar-refractivity contribution in [2.24, 2.45) is 5.92 Å². The van der Waals surface area contributed by atoms with Crippen molar-refractivity contribution in [3.63, 3.8) is 0 Å². The van der Waals surface area contributed by atoms with Crippen molar-refractivity contribution in [3.8, 4) is 0 Å². The largest absolute Gasteiger partial charge is 0.343 e. The number of nitrogens with one attached hydrogen (secondary N) is 1. The number of nitrogens with zero attached hydrogens (tertiary/aromatic N) is 1. The summed E-state index contributed by atoms with van der Waals surface area (Å²) in [5.74, 6) is -3.11. The number of sulfonamides is 1. The summed E-state index contributed by atoms with van der Waals surface area (Å²) in [7, 11) is -4.20. The van der Waals surface area contributed by atoms with E-state index >= 15 is 0 Å². The van der Waals surface area contributed by atoms with Crippen molar-refractivity contribution in [2.75, 3.05) is 13.1 Å². The maximum Gasteiger partial charge on any atom is 0.264 e. The third-order valence-electron chi connectivity index (χ3n) is 5.31. The minimum atomic E-state index is -4.20. The molecule has 0 aliphatic heterocycles. The molecule has 168 valence electrons. The number of hydrogen-bond donors (Lipinski definition) is 1. The van der Waals surface area contributed by atoms with Gasteiger partial charge < -0.3 is 4.90 Å². The number of halogens is 1. The maximum atomic E-state index is 13.3. The van der Waals surface area contributed by atoms with Gasteiger partial charge in [0.25, 0.3) is 10.0 Å². The molecule has 3 aromatic carbocycles. The van der Waals surface area contributed by atoms with Gasteiger partial charge in [0.1, 0.15) is 11.7 Å². The molecule has 1 atom stereocenters. The van der Waals surface area contributed by atoms with Crippen LogP contribution in [-0.2, 0) is 26.0 Å². The van der Waals surface area contributed by atoms with Crippen molar-refractivity contribution in [2.45, 2.75) is 25.2 Å². The van der Waals surface area contributed by atoms with Crippen LogP contribution in [0.2, 0.25) is 0 Å². The number of carbonyl (C=O) groups excluding carboxylic acids is 2. The molecule has 0 radical (unpaired) electrons. The molecular weight excluding hydrogens is 431 g/mol. The van der Waals surface area contributed by atoms with Crippen LogP contribution >= 0.6 is 0 Å². The molecule has 0 aliphatic rings. The Labute approximate surface area is 187 Å². The number of carbonyl (C=O) groups is 2. The fraction of sp³-hybridized carbons (Fsp3) is 0.250. The summed E-state index contributed by atoms with van der Waals surface area (Å²) in [5, 5.41) is 1.58. The van der Waals surface area contributed by atoms with Gasteiger partial charge in [-0.1, -0.05) is 42.5 Å². The molecule has 0 saturated carbocycles. The third kappa shape index (κ3) is 5.31. The molecule has 0 heterocycles. The summed E-state index contributed by atoms with van der Waals surface area (Å²) in [4.78, 5) is 27.4. The zero-order chi connectivity index (χ0) is 23.3. The average Bonchev–Trinajstić information content (AvgIpc) is 2.78. The summed E-state index contributed by atoms with van der Waals surface area (Å²) < 4.78 is 41.2. The predicted octanol–water partition coefficient (Wildman–Crippen LogP) is 3.51. The predicted molar refractivity (Wildman–Crippen MR) is 121 cm³/mol. The Balaban J connectivity index is 1.89. The van der Waals surface area contributed by atoms with Crippen molar-refractivity contribution >= 4 is 32.6 Å². The first-order chi connectivity index (χ1) is 15.2. The first kappa shape index (κ1) is 23.4. The minimum absolute atomic E-state index is 0.0469. The molecule has 3 rings (SSSR count). The SMILES string of the molecule is CCN(CC)C(=O)C(Cc1ccc(F)cc1)C(=O)NS(=O)(=O)c1ccc2ccccc2c1. The number of fused-ring (bicyclic) bond motifs is 1. The van der Waals surface area contributed by atoms with E-state index in [9.17, 15) is 22.4 Å². The van der Waals surface area contributed by atoms with E-state index in [2.05, 4.69) is 4.72 Å². The Morgan fingerprint density at radius 2 is 1.56 bits per heavy atom. The lowest BCUT2D eigenvalue weighted by Gasteiger charge is -2.24. The lowest BCUT2D eigenvalue weighted by atomic mass is 9.97. The first-order valence-electron chi connectivity index (χ1n) is 10.3. The van der Waals surface area contributed by atoms with Crippen molar-refractivity contribution in [1.29, 1.82) is 0 Å². The molecule has 8 heteroatoms. The molecular formula is C24H25FN2O4S. The van der Waals surface area contributed by atoms with Gasteiger partial charge >= 0.3 is 0 Å². The second-order valence-electron chi connectivity index (χ2n) is 7.37. The fourth-order valence-corrected chi connectivity index (χ4v) is 4.56. The maximum absolute atomic E-state index is 13.3. The highest BCUT2D eigenvalue weighted by atomic mass is 32.2. The van der Waals surface area contributed by atoms with Crippen molar-refractivity contribution in [3.05, 3.63) is 78.1 Å².